The quantitative estimate of drug-likeness (QED) is 0.790. The Hall–Kier alpha value is -2.18. The van der Waals surface area contributed by atoms with Gasteiger partial charge in [0.2, 0.25) is 0 Å². The van der Waals surface area contributed by atoms with Gasteiger partial charge >= 0.3 is 0 Å². The zero-order valence-electron chi connectivity index (χ0n) is 15.5. The van der Waals surface area contributed by atoms with Crippen LogP contribution in [0.25, 0.3) is 0 Å². The van der Waals surface area contributed by atoms with Crippen LogP contribution in [0, 0.1) is 19.8 Å². The number of hydrazine groups is 1. The van der Waals surface area contributed by atoms with Crippen LogP contribution < -0.4 is 10.9 Å². The van der Waals surface area contributed by atoms with Gasteiger partial charge in [-0.25, -0.2) is 4.98 Å². The van der Waals surface area contributed by atoms with Gasteiger partial charge in [-0.1, -0.05) is 29.8 Å². The van der Waals surface area contributed by atoms with Gasteiger partial charge in [0.15, 0.2) is 5.82 Å². The van der Waals surface area contributed by atoms with E-state index in [0.29, 0.717) is 23.7 Å². The maximum absolute atomic E-state index is 12.8. The zero-order valence-corrected chi connectivity index (χ0v) is 15.5. The van der Waals surface area contributed by atoms with Crippen LogP contribution in [-0.4, -0.2) is 46.5 Å². The average molecular weight is 353 g/mol. The number of nitrogens with one attached hydrogen (secondary N) is 3. The van der Waals surface area contributed by atoms with Gasteiger partial charge in [0.1, 0.15) is 0 Å². The molecule has 2 fully saturated rings. The number of hydrogen-bond acceptors (Lipinski definition) is 4. The van der Waals surface area contributed by atoms with E-state index < -0.39 is 0 Å². The minimum atomic E-state index is 0.0145. The summed E-state index contributed by atoms with van der Waals surface area (Å²) in [7, 11) is 0. The molecule has 0 saturated carbocycles. The van der Waals surface area contributed by atoms with Gasteiger partial charge in [-0.3, -0.25) is 15.6 Å². The van der Waals surface area contributed by atoms with Crippen molar-refractivity contribution in [2.75, 3.05) is 19.6 Å². The number of carbonyl (C=O) groups is 1. The van der Waals surface area contributed by atoms with Crippen molar-refractivity contribution in [3.05, 3.63) is 53.1 Å². The Labute approximate surface area is 154 Å². The summed E-state index contributed by atoms with van der Waals surface area (Å²) < 4.78 is 0. The summed E-state index contributed by atoms with van der Waals surface area (Å²) in [5, 5.41) is 0. The highest BCUT2D eigenvalue weighted by Crippen LogP contribution is 2.32. The monoisotopic (exact) mass is 353 g/mol. The Morgan fingerprint density at radius 1 is 1.23 bits per heavy atom. The van der Waals surface area contributed by atoms with Crippen molar-refractivity contribution in [2.24, 2.45) is 5.92 Å². The fourth-order valence-electron chi connectivity index (χ4n) is 4.26. The number of aromatic nitrogens is 2. The molecule has 3 N–H and O–H groups in total. The van der Waals surface area contributed by atoms with E-state index in [0.717, 1.165) is 38.2 Å². The minimum absolute atomic E-state index is 0.0145. The first-order valence-corrected chi connectivity index (χ1v) is 9.47. The third-order valence-corrected chi connectivity index (χ3v) is 5.69. The van der Waals surface area contributed by atoms with E-state index in [9.17, 15) is 4.79 Å². The normalized spacial score (nSPS) is 26.2. The number of H-pyrrole nitrogens is 1. The van der Waals surface area contributed by atoms with Crippen LogP contribution in [0.5, 0.6) is 0 Å². The molecule has 26 heavy (non-hydrogen) atoms. The van der Waals surface area contributed by atoms with E-state index in [-0.39, 0.29) is 5.91 Å². The number of rotatable bonds is 3. The van der Waals surface area contributed by atoms with Crippen LogP contribution in [0.2, 0.25) is 0 Å². The lowest BCUT2D eigenvalue weighted by atomic mass is 9.81. The lowest BCUT2D eigenvalue weighted by Crippen LogP contribution is -2.48. The summed E-state index contributed by atoms with van der Waals surface area (Å²) in [5.41, 5.74) is 10.4. The zero-order chi connectivity index (χ0) is 18.1. The number of amides is 1. The summed E-state index contributed by atoms with van der Waals surface area (Å²) in [6.07, 6.45) is 3.89. The van der Waals surface area contributed by atoms with Gasteiger partial charge < -0.3 is 9.88 Å². The van der Waals surface area contributed by atoms with Gasteiger partial charge in [0, 0.05) is 43.5 Å². The van der Waals surface area contributed by atoms with Crippen LogP contribution in [0.15, 0.2) is 30.5 Å². The Morgan fingerprint density at radius 2 is 2.04 bits per heavy atom. The lowest BCUT2D eigenvalue weighted by molar-refractivity contribution is 0.0633. The first-order valence-electron chi connectivity index (χ1n) is 9.47. The molecule has 0 spiro atoms. The molecular formula is C20H27N5O. The second kappa shape index (κ2) is 7.21. The maximum atomic E-state index is 12.8. The van der Waals surface area contributed by atoms with Gasteiger partial charge in [-0.2, -0.15) is 0 Å². The van der Waals surface area contributed by atoms with Gasteiger partial charge in [0.25, 0.3) is 5.91 Å². The SMILES string of the molecule is Cc1ccc(C2CNNC2C2CCCN(C(=O)c3ncc(C)[nH]3)C2)cc1. The molecule has 0 bridgehead atoms. The van der Waals surface area contributed by atoms with Crippen molar-refractivity contribution in [1.29, 1.82) is 0 Å². The number of imidazole rings is 1. The molecule has 4 rings (SSSR count). The molecule has 138 valence electrons. The Kier molecular flexibility index (Phi) is 4.78. The maximum Gasteiger partial charge on any atom is 0.289 e. The van der Waals surface area contributed by atoms with Crippen LogP contribution in [0.3, 0.4) is 0 Å². The molecule has 3 unspecified atom stereocenters. The summed E-state index contributed by atoms with van der Waals surface area (Å²) in [6, 6.07) is 9.17. The smallest absolute Gasteiger partial charge is 0.289 e. The molecule has 2 aliphatic heterocycles. The van der Waals surface area contributed by atoms with Gasteiger partial charge in [0.05, 0.1) is 0 Å². The second-order valence-corrected chi connectivity index (χ2v) is 7.64. The van der Waals surface area contributed by atoms with Crippen molar-refractivity contribution in [1.82, 2.24) is 25.7 Å². The fourth-order valence-corrected chi connectivity index (χ4v) is 4.26. The number of piperidine rings is 1. The summed E-state index contributed by atoms with van der Waals surface area (Å²) in [6.45, 7) is 6.55. The van der Waals surface area contributed by atoms with E-state index in [2.05, 4.69) is 52.0 Å². The number of carbonyl (C=O) groups excluding carboxylic acids is 1. The molecule has 3 atom stereocenters. The summed E-state index contributed by atoms with van der Waals surface area (Å²) in [4.78, 5) is 22.0. The Morgan fingerprint density at radius 3 is 2.77 bits per heavy atom. The molecular weight excluding hydrogens is 326 g/mol. The van der Waals surface area contributed by atoms with Crippen molar-refractivity contribution in [3.63, 3.8) is 0 Å². The molecule has 2 aliphatic rings. The molecule has 1 aromatic heterocycles. The van der Waals surface area contributed by atoms with Crippen molar-refractivity contribution in [3.8, 4) is 0 Å². The molecule has 1 amide bonds. The fraction of sp³-hybridized carbons (Fsp3) is 0.500. The van der Waals surface area contributed by atoms with Crippen LogP contribution >= 0.6 is 0 Å². The molecule has 6 heteroatoms. The predicted octanol–water partition coefficient (Wildman–Crippen LogP) is 2.14. The predicted molar refractivity (Wildman–Crippen MR) is 101 cm³/mol. The second-order valence-electron chi connectivity index (χ2n) is 7.64. The molecule has 2 aromatic rings. The topological polar surface area (TPSA) is 73.0 Å². The minimum Gasteiger partial charge on any atom is -0.338 e. The van der Waals surface area contributed by atoms with Crippen LogP contribution in [0.4, 0.5) is 0 Å². The van der Waals surface area contributed by atoms with E-state index in [4.69, 9.17) is 0 Å². The van der Waals surface area contributed by atoms with E-state index >= 15 is 0 Å². The number of aryl methyl sites for hydroxylation is 2. The number of hydrogen-bond donors (Lipinski definition) is 3. The summed E-state index contributed by atoms with van der Waals surface area (Å²) in [5.74, 6) is 1.34. The first-order chi connectivity index (χ1) is 12.6. The number of benzene rings is 1. The molecule has 6 nitrogen and oxygen atoms in total. The van der Waals surface area contributed by atoms with Crippen molar-refractivity contribution >= 4 is 5.91 Å². The van der Waals surface area contributed by atoms with Crippen molar-refractivity contribution in [2.45, 2.75) is 38.6 Å². The third kappa shape index (κ3) is 3.39. The molecule has 0 radical (unpaired) electrons. The number of nitrogens with zero attached hydrogens (tertiary/aromatic N) is 2. The van der Waals surface area contributed by atoms with E-state index in [1.54, 1.807) is 6.20 Å². The molecule has 1 aromatic carbocycles. The van der Waals surface area contributed by atoms with Gasteiger partial charge in [-0.05, 0) is 38.2 Å². The van der Waals surface area contributed by atoms with E-state index in [1.165, 1.54) is 11.1 Å². The van der Waals surface area contributed by atoms with Gasteiger partial charge in [-0.15, -0.1) is 0 Å². The number of likely N-dealkylation sites (tertiary alicyclic amines) is 1. The first kappa shape index (κ1) is 17.2. The van der Waals surface area contributed by atoms with Crippen molar-refractivity contribution < 1.29 is 4.79 Å². The Balaban J connectivity index is 1.48. The van der Waals surface area contributed by atoms with Crippen LogP contribution in [-0.2, 0) is 0 Å². The lowest BCUT2D eigenvalue weighted by Gasteiger charge is -2.37. The average Bonchev–Trinajstić information content (AvgIpc) is 3.31. The van der Waals surface area contributed by atoms with Crippen LogP contribution in [0.1, 0.15) is 46.2 Å². The van der Waals surface area contributed by atoms with E-state index in [1.807, 2.05) is 11.8 Å². The number of aromatic amines is 1. The molecule has 3 heterocycles. The Bertz CT molecular complexity index is 769. The third-order valence-electron chi connectivity index (χ3n) is 5.69. The molecule has 0 aliphatic carbocycles. The highest BCUT2D eigenvalue weighted by Gasteiger charge is 2.38. The highest BCUT2D eigenvalue weighted by molar-refractivity contribution is 5.90. The summed E-state index contributed by atoms with van der Waals surface area (Å²) >= 11 is 0. The molecule has 2 saturated heterocycles. The standard InChI is InChI=1S/C20H27N5O/c1-13-5-7-15(8-6-13)17-11-22-24-18(17)16-4-3-9-25(12-16)20(26)19-21-10-14(2)23-19/h5-8,10,16-18,22,24H,3-4,9,11-12H2,1-2H3,(H,21,23). The largest absolute Gasteiger partial charge is 0.338 e. The highest BCUT2D eigenvalue weighted by atomic mass is 16.2.